The average Bonchev–Trinajstić information content (AvgIpc) is 2.42. The molecule has 2 amide bonds. The van der Waals surface area contributed by atoms with Gasteiger partial charge in [-0.2, -0.15) is 0 Å². The summed E-state index contributed by atoms with van der Waals surface area (Å²) in [6.45, 7) is 7.33. The number of carbonyl (C=O) groups is 1. The molecule has 0 saturated carbocycles. The molecule has 0 bridgehead atoms. The van der Waals surface area contributed by atoms with Gasteiger partial charge in [0, 0.05) is 45.8 Å². The first kappa shape index (κ1) is 18.2. The molecule has 5 heteroatoms. The van der Waals surface area contributed by atoms with Gasteiger partial charge in [-0.05, 0) is 39.3 Å². The predicted molar refractivity (Wildman–Crippen MR) is 88.6 cm³/mol. The summed E-state index contributed by atoms with van der Waals surface area (Å²) in [5.41, 5.74) is 0. The van der Waals surface area contributed by atoms with Crippen molar-refractivity contribution in [3.63, 3.8) is 0 Å². The molecule has 1 saturated heterocycles. The van der Waals surface area contributed by atoms with Gasteiger partial charge in [0.25, 0.3) is 0 Å². The third-order valence-electron chi connectivity index (χ3n) is 4.26. The van der Waals surface area contributed by atoms with Crippen molar-refractivity contribution in [1.82, 2.24) is 20.0 Å². The number of likely N-dealkylation sites (N-methyl/N-ethyl adjacent to an activating group) is 1. The highest BCUT2D eigenvalue weighted by atomic mass is 16.2. The van der Waals surface area contributed by atoms with E-state index in [-0.39, 0.29) is 6.03 Å². The van der Waals surface area contributed by atoms with Crippen molar-refractivity contribution >= 4 is 6.03 Å². The molecule has 1 aliphatic heterocycles. The number of likely N-dealkylation sites (tertiary alicyclic amines) is 1. The highest BCUT2D eigenvalue weighted by Gasteiger charge is 2.24. The van der Waals surface area contributed by atoms with Crippen LogP contribution >= 0.6 is 0 Å². The molecule has 1 heterocycles. The zero-order valence-electron chi connectivity index (χ0n) is 14.7. The van der Waals surface area contributed by atoms with Gasteiger partial charge >= 0.3 is 6.03 Å². The maximum absolute atomic E-state index is 11.9. The molecule has 21 heavy (non-hydrogen) atoms. The summed E-state index contributed by atoms with van der Waals surface area (Å²) >= 11 is 0. The summed E-state index contributed by atoms with van der Waals surface area (Å²) in [6, 6.07) is 1.27. The number of amides is 2. The highest BCUT2D eigenvalue weighted by Crippen LogP contribution is 2.13. The van der Waals surface area contributed by atoms with Gasteiger partial charge in [-0.15, -0.1) is 0 Å². The third-order valence-corrected chi connectivity index (χ3v) is 4.26. The summed E-state index contributed by atoms with van der Waals surface area (Å²) in [7, 11) is 7.96. The largest absolute Gasteiger partial charge is 0.331 e. The molecule has 0 aromatic heterocycles. The summed E-state index contributed by atoms with van der Waals surface area (Å²) in [5, 5.41) is 3.70. The van der Waals surface area contributed by atoms with Gasteiger partial charge in [-0.25, -0.2) is 4.79 Å². The molecule has 1 aliphatic rings. The topological polar surface area (TPSA) is 38.8 Å². The number of hydrogen-bond donors (Lipinski definition) is 1. The minimum atomic E-state index is 0.138. The molecule has 1 atom stereocenters. The Balaban J connectivity index is 2.33. The smallest absolute Gasteiger partial charge is 0.319 e. The van der Waals surface area contributed by atoms with Gasteiger partial charge in [-0.3, -0.25) is 0 Å². The van der Waals surface area contributed by atoms with E-state index in [1.165, 1.54) is 6.42 Å². The lowest BCUT2D eigenvalue weighted by Crippen LogP contribution is -2.50. The van der Waals surface area contributed by atoms with Crippen LogP contribution in [0.25, 0.3) is 0 Å². The van der Waals surface area contributed by atoms with Gasteiger partial charge < -0.3 is 20.0 Å². The van der Waals surface area contributed by atoms with E-state index in [2.05, 4.69) is 38.2 Å². The van der Waals surface area contributed by atoms with E-state index in [0.29, 0.717) is 12.1 Å². The van der Waals surface area contributed by atoms with Crippen molar-refractivity contribution in [3.8, 4) is 0 Å². The monoisotopic (exact) mass is 298 g/mol. The Morgan fingerprint density at radius 2 is 1.76 bits per heavy atom. The molecule has 1 fully saturated rings. The first-order chi connectivity index (χ1) is 9.81. The molecular formula is C16H34N4O. The van der Waals surface area contributed by atoms with Crippen molar-refractivity contribution in [2.24, 2.45) is 5.92 Å². The van der Waals surface area contributed by atoms with Crippen LogP contribution in [0, 0.1) is 5.92 Å². The minimum Gasteiger partial charge on any atom is -0.331 e. The van der Waals surface area contributed by atoms with Crippen LogP contribution in [0.1, 0.15) is 33.1 Å². The fourth-order valence-corrected chi connectivity index (χ4v) is 2.88. The van der Waals surface area contributed by atoms with Gasteiger partial charge in [-0.1, -0.05) is 13.8 Å². The molecular weight excluding hydrogens is 264 g/mol. The quantitative estimate of drug-likeness (QED) is 0.811. The van der Waals surface area contributed by atoms with E-state index in [1.54, 1.807) is 4.90 Å². The standard InChI is InChI=1S/C16H34N4O/c1-13(2)11-15(18(3)4)12-17-14-7-9-20(10-8-14)16(21)19(5)6/h13-15,17H,7-12H2,1-6H3. The molecule has 0 aliphatic carbocycles. The molecule has 0 aromatic rings. The SMILES string of the molecule is CC(C)CC(CNC1CCN(C(=O)N(C)C)CC1)N(C)C. The number of urea groups is 1. The van der Waals surface area contributed by atoms with Crippen molar-refractivity contribution < 1.29 is 4.79 Å². The Morgan fingerprint density at radius 1 is 1.19 bits per heavy atom. The Bertz CT molecular complexity index is 309. The predicted octanol–water partition coefficient (Wildman–Crippen LogP) is 1.70. The average molecular weight is 298 g/mol. The van der Waals surface area contributed by atoms with Gasteiger partial charge in [0.15, 0.2) is 0 Å². The number of hydrogen-bond acceptors (Lipinski definition) is 3. The molecule has 0 spiro atoms. The van der Waals surface area contributed by atoms with Crippen LogP contribution in [-0.2, 0) is 0 Å². The lowest BCUT2D eigenvalue weighted by molar-refractivity contribution is 0.149. The fourth-order valence-electron chi connectivity index (χ4n) is 2.88. The lowest BCUT2D eigenvalue weighted by Gasteiger charge is -2.35. The molecule has 0 aromatic carbocycles. The highest BCUT2D eigenvalue weighted by molar-refractivity contribution is 5.73. The molecule has 1 rings (SSSR count). The maximum Gasteiger partial charge on any atom is 0.319 e. The second-order valence-electron chi connectivity index (χ2n) is 7.09. The van der Waals surface area contributed by atoms with Crippen LogP contribution in [0.2, 0.25) is 0 Å². The zero-order valence-corrected chi connectivity index (χ0v) is 14.7. The van der Waals surface area contributed by atoms with E-state index in [1.807, 2.05) is 19.0 Å². The Hall–Kier alpha value is -0.810. The van der Waals surface area contributed by atoms with Gasteiger partial charge in [0.05, 0.1) is 0 Å². The molecule has 0 radical (unpaired) electrons. The molecule has 1 unspecified atom stereocenters. The summed E-state index contributed by atoms with van der Waals surface area (Å²) < 4.78 is 0. The minimum absolute atomic E-state index is 0.138. The van der Waals surface area contributed by atoms with E-state index in [9.17, 15) is 4.79 Å². The van der Waals surface area contributed by atoms with E-state index in [0.717, 1.165) is 38.4 Å². The Morgan fingerprint density at radius 3 is 2.19 bits per heavy atom. The van der Waals surface area contributed by atoms with Gasteiger partial charge in [0.1, 0.15) is 0 Å². The van der Waals surface area contributed by atoms with Gasteiger partial charge in [0.2, 0.25) is 0 Å². The number of rotatable bonds is 6. The van der Waals surface area contributed by atoms with E-state index < -0.39 is 0 Å². The molecule has 124 valence electrons. The third kappa shape index (κ3) is 6.22. The Labute approximate surface area is 130 Å². The Kier molecular flexibility index (Phi) is 7.46. The van der Waals surface area contributed by atoms with Crippen molar-refractivity contribution in [1.29, 1.82) is 0 Å². The van der Waals surface area contributed by atoms with Crippen molar-refractivity contribution in [2.45, 2.75) is 45.2 Å². The fraction of sp³-hybridized carbons (Fsp3) is 0.938. The normalized spacial score (nSPS) is 18.4. The zero-order chi connectivity index (χ0) is 16.0. The second-order valence-corrected chi connectivity index (χ2v) is 7.09. The summed E-state index contributed by atoms with van der Waals surface area (Å²) in [4.78, 5) is 17.8. The van der Waals surface area contributed by atoms with E-state index >= 15 is 0 Å². The molecule has 5 nitrogen and oxygen atoms in total. The van der Waals surface area contributed by atoms with Crippen molar-refractivity contribution in [3.05, 3.63) is 0 Å². The lowest BCUT2D eigenvalue weighted by atomic mass is 10.0. The second kappa shape index (κ2) is 8.59. The van der Waals surface area contributed by atoms with Crippen molar-refractivity contribution in [2.75, 3.05) is 47.8 Å². The number of nitrogens with one attached hydrogen (secondary N) is 1. The first-order valence-electron chi connectivity index (χ1n) is 8.17. The maximum atomic E-state index is 11.9. The summed E-state index contributed by atoms with van der Waals surface area (Å²) in [5.74, 6) is 0.721. The van der Waals surface area contributed by atoms with E-state index in [4.69, 9.17) is 0 Å². The number of nitrogens with zero attached hydrogens (tertiary/aromatic N) is 3. The molecule has 1 N–H and O–H groups in total. The van der Waals surface area contributed by atoms with Crippen LogP contribution in [0.4, 0.5) is 4.79 Å². The van der Waals surface area contributed by atoms with Crippen LogP contribution in [-0.4, -0.2) is 80.6 Å². The first-order valence-corrected chi connectivity index (χ1v) is 8.17. The number of carbonyl (C=O) groups excluding carboxylic acids is 1. The van der Waals surface area contributed by atoms with Crippen LogP contribution < -0.4 is 5.32 Å². The number of piperidine rings is 1. The van der Waals surface area contributed by atoms with Crippen LogP contribution in [0.5, 0.6) is 0 Å². The van der Waals surface area contributed by atoms with Crippen LogP contribution in [0.15, 0.2) is 0 Å². The summed E-state index contributed by atoms with van der Waals surface area (Å²) in [6.07, 6.45) is 3.33. The van der Waals surface area contributed by atoms with Crippen LogP contribution in [0.3, 0.4) is 0 Å².